The fourth-order valence-electron chi connectivity index (χ4n) is 2.23. The zero-order valence-corrected chi connectivity index (χ0v) is 13.1. The smallest absolute Gasteiger partial charge is 0.164 e. The first kappa shape index (κ1) is 14.2. The first-order chi connectivity index (χ1) is 10.1. The number of imidazole rings is 1. The van der Waals surface area contributed by atoms with Crippen molar-refractivity contribution in [2.45, 2.75) is 12.3 Å². The second-order valence-electron chi connectivity index (χ2n) is 4.62. The maximum Gasteiger partial charge on any atom is 0.164 e. The average molecular weight is 322 g/mol. The molecular weight excluding hydrogens is 309 g/mol. The van der Waals surface area contributed by atoms with Crippen LogP contribution in [-0.4, -0.2) is 21.6 Å². The Labute approximate surface area is 132 Å². The molecule has 1 atom stereocenters. The standard InChI is InChI=1S/C15H13Cl2N3O/c1-9(16)14-19-13-6-10(17)8-18-15(13)20(14)11-4-3-5-12(7-11)21-2/h3-9H,1-2H3. The summed E-state index contributed by atoms with van der Waals surface area (Å²) in [5, 5.41) is 0.288. The number of methoxy groups -OCH3 is 1. The van der Waals surface area contributed by atoms with Crippen LogP contribution in [0.5, 0.6) is 5.75 Å². The van der Waals surface area contributed by atoms with E-state index >= 15 is 0 Å². The molecule has 0 saturated heterocycles. The van der Waals surface area contributed by atoms with Gasteiger partial charge in [-0.15, -0.1) is 11.6 Å². The van der Waals surface area contributed by atoms with Crippen LogP contribution in [0.4, 0.5) is 0 Å². The number of pyridine rings is 1. The Bertz CT molecular complexity index is 799. The van der Waals surface area contributed by atoms with Crippen LogP contribution in [0.3, 0.4) is 0 Å². The Morgan fingerprint density at radius 1 is 1.29 bits per heavy atom. The van der Waals surface area contributed by atoms with Crippen molar-refractivity contribution in [3.05, 3.63) is 47.4 Å². The number of halogens is 2. The van der Waals surface area contributed by atoms with Gasteiger partial charge in [0.25, 0.3) is 0 Å². The fourth-order valence-corrected chi connectivity index (χ4v) is 2.53. The molecule has 1 aromatic carbocycles. The Morgan fingerprint density at radius 2 is 2.10 bits per heavy atom. The number of benzene rings is 1. The van der Waals surface area contributed by atoms with E-state index in [0.29, 0.717) is 10.5 Å². The van der Waals surface area contributed by atoms with E-state index in [4.69, 9.17) is 27.9 Å². The lowest BCUT2D eigenvalue weighted by Crippen LogP contribution is -2.02. The van der Waals surface area contributed by atoms with Gasteiger partial charge in [-0.25, -0.2) is 9.97 Å². The van der Waals surface area contributed by atoms with E-state index in [0.717, 1.165) is 22.9 Å². The first-order valence-electron chi connectivity index (χ1n) is 6.42. The molecule has 0 aliphatic carbocycles. The van der Waals surface area contributed by atoms with Crippen molar-refractivity contribution in [2.75, 3.05) is 7.11 Å². The van der Waals surface area contributed by atoms with Gasteiger partial charge >= 0.3 is 0 Å². The third-order valence-corrected chi connectivity index (χ3v) is 3.56. The molecule has 0 radical (unpaired) electrons. The summed E-state index contributed by atoms with van der Waals surface area (Å²) in [5.41, 5.74) is 2.33. The van der Waals surface area contributed by atoms with Gasteiger partial charge in [-0.05, 0) is 25.1 Å². The monoisotopic (exact) mass is 321 g/mol. The SMILES string of the molecule is COc1cccc(-n2c(C(C)Cl)nc3cc(Cl)cnc32)c1. The highest BCUT2D eigenvalue weighted by Crippen LogP contribution is 2.29. The number of hydrogen-bond acceptors (Lipinski definition) is 3. The minimum atomic E-state index is -0.260. The number of nitrogens with zero attached hydrogens (tertiary/aromatic N) is 3. The molecule has 0 aliphatic rings. The van der Waals surface area contributed by atoms with Crippen LogP contribution < -0.4 is 4.74 Å². The predicted octanol–water partition coefficient (Wildman–Crippen LogP) is 4.38. The minimum absolute atomic E-state index is 0.260. The summed E-state index contributed by atoms with van der Waals surface area (Å²) in [6.45, 7) is 1.88. The van der Waals surface area contributed by atoms with E-state index in [1.807, 2.05) is 35.8 Å². The van der Waals surface area contributed by atoms with Crippen LogP contribution >= 0.6 is 23.2 Å². The van der Waals surface area contributed by atoms with Crippen LogP contribution in [0.2, 0.25) is 5.02 Å². The van der Waals surface area contributed by atoms with Gasteiger partial charge in [-0.3, -0.25) is 4.57 Å². The summed E-state index contributed by atoms with van der Waals surface area (Å²) in [4.78, 5) is 8.93. The summed E-state index contributed by atoms with van der Waals surface area (Å²) in [6, 6.07) is 9.46. The highest BCUT2D eigenvalue weighted by atomic mass is 35.5. The molecular formula is C15H13Cl2N3O. The van der Waals surface area contributed by atoms with E-state index in [2.05, 4.69) is 9.97 Å². The van der Waals surface area contributed by atoms with Crippen molar-refractivity contribution in [3.63, 3.8) is 0 Å². The van der Waals surface area contributed by atoms with E-state index in [1.165, 1.54) is 0 Å². The quantitative estimate of drug-likeness (QED) is 0.672. The predicted molar refractivity (Wildman–Crippen MR) is 84.7 cm³/mol. The van der Waals surface area contributed by atoms with Crippen molar-refractivity contribution >= 4 is 34.4 Å². The molecule has 0 saturated carbocycles. The Balaban J connectivity index is 2.30. The number of ether oxygens (including phenoxy) is 1. The molecule has 21 heavy (non-hydrogen) atoms. The van der Waals surface area contributed by atoms with Gasteiger partial charge in [0.15, 0.2) is 5.65 Å². The van der Waals surface area contributed by atoms with Gasteiger partial charge in [0, 0.05) is 12.3 Å². The van der Waals surface area contributed by atoms with Crippen LogP contribution in [0.15, 0.2) is 36.5 Å². The zero-order chi connectivity index (χ0) is 15.0. The Hall–Kier alpha value is -1.78. The molecule has 0 bridgehead atoms. The van der Waals surface area contributed by atoms with Crippen molar-refractivity contribution in [2.24, 2.45) is 0 Å². The van der Waals surface area contributed by atoms with Crippen LogP contribution in [0.25, 0.3) is 16.9 Å². The van der Waals surface area contributed by atoms with Crippen LogP contribution in [0, 0.1) is 0 Å². The lowest BCUT2D eigenvalue weighted by molar-refractivity contribution is 0.414. The number of fused-ring (bicyclic) bond motifs is 1. The van der Waals surface area contributed by atoms with Crippen molar-refractivity contribution in [1.82, 2.24) is 14.5 Å². The lowest BCUT2D eigenvalue weighted by Gasteiger charge is -2.11. The summed E-state index contributed by atoms with van der Waals surface area (Å²) in [6.07, 6.45) is 1.60. The summed E-state index contributed by atoms with van der Waals surface area (Å²) in [5.74, 6) is 1.48. The number of alkyl halides is 1. The molecule has 3 aromatic rings. The largest absolute Gasteiger partial charge is 0.497 e. The molecule has 2 heterocycles. The van der Waals surface area contributed by atoms with Crippen LogP contribution in [0.1, 0.15) is 18.1 Å². The van der Waals surface area contributed by atoms with E-state index in [9.17, 15) is 0 Å². The van der Waals surface area contributed by atoms with Gasteiger partial charge < -0.3 is 4.74 Å². The first-order valence-corrected chi connectivity index (χ1v) is 7.24. The summed E-state index contributed by atoms with van der Waals surface area (Å²) >= 11 is 12.3. The topological polar surface area (TPSA) is 39.9 Å². The van der Waals surface area contributed by atoms with Crippen molar-refractivity contribution in [3.8, 4) is 11.4 Å². The number of aromatic nitrogens is 3. The van der Waals surface area contributed by atoms with Gasteiger partial charge in [0.2, 0.25) is 0 Å². The van der Waals surface area contributed by atoms with Crippen molar-refractivity contribution in [1.29, 1.82) is 0 Å². The molecule has 0 fully saturated rings. The Morgan fingerprint density at radius 3 is 2.81 bits per heavy atom. The number of hydrogen-bond donors (Lipinski definition) is 0. The third kappa shape index (κ3) is 2.57. The fraction of sp³-hybridized carbons (Fsp3) is 0.200. The van der Waals surface area contributed by atoms with Crippen LogP contribution in [-0.2, 0) is 0 Å². The molecule has 2 aromatic heterocycles. The average Bonchev–Trinajstić information content (AvgIpc) is 2.86. The van der Waals surface area contributed by atoms with Gasteiger partial charge in [-0.1, -0.05) is 17.7 Å². The van der Waals surface area contributed by atoms with Gasteiger partial charge in [-0.2, -0.15) is 0 Å². The molecule has 4 nitrogen and oxygen atoms in total. The van der Waals surface area contributed by atoms with E-state index in [1.54, 1.807) is 19.4 Å². The number of rotatable bonds is 3. The van der Waals surface area contributed by atoms with Crippen molar-refractivity contribution < 1.29 is 4.74 Å². The molecule has 1 unspecified atom stereocenters. The van der Waals surface area contributed by atoms with Gasteiger partial charge in [0.1, 0.15) is 17.1 Å². The maximum absolute atomic E-state index is 6.27. The molecule has 6 heteroatoms. The van der Waals surface area contributed by atoms with E-state index < -0.39 is 0 Å². The molecule has 0 aliphatic heterocycles. The highest BCUT2D eigenvalue weighted by molar-refractivity contribution is 6.31. The summed E-state index contributed by atoms with van der Waals surface area (Å²) < 4.78 is 7.20. The molecule has 0 amide bonds. The summed E-state index contributed by atoms with van der Waals surface area (Å²) in [7, 11) is 1.63. The molecule has 3 rings (SSSR count). The molecule has 108 valence electrons. The highest BCUT2D eigenvalue weighted by Gasteiger charge is 2.17. The second-order valence-corrected chi connectivity index (χ2v) is 5.71. The molecule has 0 spiro atoms. The Kier molecular flexibility index (Phi) is 3.74. The molecule has 0 N–H and O–H groups in total. The lowest BCUT2D eigenvalue weighted by atomic mass is 10.3. The minimum Gasteiger partial charge on any atom is -0.497 e. The normalized spacial score (nSPS) is 12.6. The van der Waals surface area contributed by atoms with Gasteiger partial charge in [0.05, 0.1) is 23.2 Å². The zero-order valence-electron chi connectivity index (χ0n) is 11.5. The van der Waals surface area contributed by atoms with E-state index in [-0.39, 0.29) is 5.38 Å². The maximum atomic E-state index is 6.27. The second kappa shape index (κ2) is 5.54. The third-order valence-electron chi connectivity index (χ3n) is 3.16.